The Kier molecular flexibility index (Phi) is 5.30. The van der Waals surface area contributed by atoms with Gasteiger partial charge in [-0.25, -0.2) is 8.42 Å². The van der Waals surface area contributed by atoms with Crippen LogP contribution in [0.15, 0.2) is 29.2 Å². The lowest BCUT2D eigenvalue weighted by molar-refractivity contribution is 0.215. The standard InChI is InChI=1S/C17H28N2O2S/c1-13(2)16-11-19(12-17(16)18(3)4)10-14-6-8-15(9-7-14)22(5,20)21/h6-9,13,16-17H,10-12H2,1-5H3. The van der Waals surface area contributed by atoms with Gasteiger partial charge in [0.15, 0.2) is 9.84 Å². The zero-order valence-corrected chi connectivity index (χ0v) is 15.1. The maximum Gasteiger partial charge on any atom is 0.175 e. The maximum absolute atomic E-state index is 11.5. The predicted molar refractivity (Wildman–Crippen MR) is 90.6 cm³/mol. The summed E-state index contributed by atoms with van der Waals surface area (Å²) in [6, 6.07) is 7.89. The number of hydrogen-bond donors (Lipinski definition) is 0. The normalized spacial score (nSPS) is 23.6. The first-order chi connectivity index (χ1) is 10.2. The lowest BCUT2D eigenvalue weighted by Gasteiger charge is -2.27. The molecule has 1 aliphatic heterocycles. The van der Waals surface area contributed by atoms with E-state index in [9.17, 15) is 8.42 Å². The highest BCUT2D eigenvalue weighted by molar-refractivity contribution is 7.90. The molecule has 0 bridgehead atoms. The fraction of sp³-hybridized carbons (Fsp3) is 0.647. The molecule has 0 N–H and O–H groups in total. The third kappa shape index (κ3) is 4.09. The second kappa shape index (κ2) is 6.69. The monoisotopic (exact) mass is 324 g/mol. The van der Waals surface area contributed by atoms with Gasteiger partial charge in [0.2, 0.25) is 0 Å². The fourth-order valence-corrected chi connectivity index (χ4v) is 3.96. The Balaban J connectivity index is 2.05. The van der Waals surface area contributed by atoms with Crippen molar-refractivity contribution < 1.29 is 8.42 Å². The minimum atomic E-state index is -3.11. The average Bonchev–Trinajstić information content (AvgIpc) is 2.82. The van der Waals surface area contributed by atoms with Crippen LogP contribution in [0.1, 0.15) is 19.4 Å². The number of benzene rings is 1. The molecule has 2 rings (SSSR count). The van der Waals surface area contributed by atoms with E-state index in [1.165, 1.54) is 11.8 Å². The molecule has 0 spiro atoms. The molecule has 0 radical (unpaired) electrons. The van der Waals surface area contributed by atoms with Crippen LogP contribution in [0.4, 0.5) is 0 Å². The zero-order valence-electron chi connectivity index (χ0n) is 14.3. The summed E-state index contributed by atoms with van der Waals surface area (Å²) < 4.78 is 23.0. The molecule has 2 atom stereocenters. The molecule has 1 aromatic rings. The molecule has 0 amide bonds. The molecule has 0 aromatic heterocycles. The minimum Gasteiger partial charge on any atom is -0.305 e. The maximum atomic E-state index is 11.5. The summed E-state index contributed by atoms with van der Waals surface area (Å²) >= 11 is 0. The molecule has 1 heterocycles. The van der Waals surface area contributed by atoms with Crippen LogP contribution < -0.4 is 0 Å². The Hall–Kier alpha value is -0.910. The van der Waals surface area contributed by atoms with Crippen molar-refractivity contribution in [3.05, 3.63) is 29.8 Å². The van der Waals surface area contributed by atoms with Crippen molar-refractivity contribution in [1.82, 2.24) is 9.80 Å². The van der Waals surface area contributed by atoms with E-state index in [2.05, 4.69) is 37.7 Å². The summed E-state index contributed by atoms with van der Waals surface area (Å²) in [7, 11) is 1.21. The van der Waals surface area contributed by atoms with E-state index < -0.39 is 9.84 Å². The van der Waals surface area contributed by atoms with Crippen LogP contribution in [0.3, 0.4) is 0 Å². The Morgan fingerprint density at radius 3 is 2.18 bits per heavy atom. The summed E-state index contributed by atoms with van der Waals surface area (Å²) in [5.41, 5.74) is 1.18. The van der Waals surface area contributed by atoms with Crippen LogP contribution in [0.5, 0.6) is 0 Å². The molecular formula is C17H28N2O2S. The van der Waals surface area contributed by atoms with E-state index in [1.54, 1.807) is 12.1 Å². The third-order valence-corrected chi connectivity index (χ3v) is 5.81. The largest absolute Gasteiger partial charge is 0.305 e. The van der Waals surface area contributed by atoms with Crippen LogP contribution in [0, 0.1) is 11.8 Å². The lowest BCUT2D eigenvalue weighted by Crippen LogP contribution is -2.37. The average molecular weight is 324 g/mol. The van der Waals surface area contributed by atoms with Gasteiger partial charge in [-0.1, -0.05) is 26.0 Å². The van der Waals surface area contributed by atoms with E-state index in [0.717, 1.165) is 19.6 Å². The van der Waals surface area contributed by atoms with Crippen molar-refractivity contribution in [1.29, 1.82) is 0 Å². The van der Waals surface area contributed by atoms with Gasteiger partial charge in [-0.3, -0.25) is 4.90 Å². The Labute approximate surface area is 135 Å². The smallest absolute Gasteiger partial charge is 0.175 e. The second-order valence-corrected chi connectivity index (χ2v) is 9.06. The van der Waals surface area contributed by atoms with Crippen LogP contribution in [0.2, 0.25) is 0 Å². The quantitative estimate of drug-likeness (QED) is 0.832. The van der Waals surface area contributed by atoms with Crippen LogP contribution in [-0.4, -0.2) is 57.7 Å². The number of rotatable bonds is 5. The van der Waals surface area contributed by atoms with E-state index in [1.807, 2.05) is 12.1 Å². The van der Waals surface area contributed by atoms with Gasteiger partial charge in [0.1, 0.15) is 0 Å². The highest BCUT2D eigenvalue weighted by Gasteiger charge is 2.35. The minimum absolute atomic E-state index is 0.392. The van der Waals surface area contributed by atoms with Gasteiger partial charge >= 0.3 is 0 Å². The number of hydrogen-bond acceptors (Lipinski definition) is 4. The van der Waals surface area contributed by atoms with Crippen LogP contribution in [-0.2, 0) is 16.4 Å². The van der Waals surface area contributed by atoms with Crippen molar-refractivity contribution in [3.63, 3.8) is 0 Å². The fourth-order valence-electron chi connectivity index (χ4n) is 3.33. The van der Waals surface area contributed by atoms with Gasteiger partial charge in [0, 0.05) is 31.9 Å². The molecule has 1 aliphatic rings. The van der Waals surface area contributed by atoms with E-state index >= 15 is 0 Å². The van der Waals surface area contributed by atoms with E-state index in [4.69, 9.17) is 0 Å². The van der Waals surface area contributed by atoms with Crippen molar-refractivity contribution in [2.45, 2.75) is 31.3 Å². The van der Waals surface area contributed by atoms with Gasteiger partial charge < -0.3 is 4.90 Å². The number of nitrogens with zero attached hydrogens (tertiary/aromatic N) is 2. The molecule has 22 heavy (non-hydrogen) atoms. The highest BCUT2D eigenvalue weighted by atomic mass is 32.2. The first kappa shape index (κ1) is 17.4. The van der Waals surface area contributed by atoms with Gasteiger partial charge in [-0.2, -0.15) is 0 Å². The Morgan fingerprint density at radius 2 is 1.77 bits per heavy atom. The van der Waals surface area contributed by atoms with Crippen molar-refractivity contribution in [3.8, 4) is 0 Å². The molecule has 5 heteroatoms. The summed E-state index contributed by atoms with van der Waals surface area (Å²) in [5, 5.41) is 0. The molecule has 4 nitrogen and oxygen atoms in total. The molecule has 2 unspecified atom stereocenters. The molecule has 1 aromatic carbocycles. The third-order valence-electron chi connectivity index (χ3n) is 4.69. The molecule has 1 saturated heterocycles. The first-order valence-corrected chi connectivity index (χ1v) is 9.75. The molecule has 1 fully saturated rings. The molecule has 0 saturated carbocycles. The summed E-state index contributed by atoms with van der Waals surface area (Å²) in [6.07, 6.45) is 1.25. The first-order valence-electron chi connectivity index (χ1n) is 7.86. The Bertz CT molecular complexity index is 578. The summed E-state index contributed by atoms with van der Waals surface area (Å²) in [6.45, 7) is 7.66. The topological polar surface area (TPSA) is 40.6 Å². The van der Waals surface area contributed by atoms with Crippen molar-refractivity contribution >= 4 is 9.84 Å². The summed E-state index contributed by atoms with van der Waals surface area (Å²) in [4.78, 5) is 5.20. The molecular weight excluding hydrogens is 296 g/mol. The SMILES string of the molecule is CC(C)C1CN(Cc2ccc(S(C)(=O)=O)cc2)CC1N(C)C. The zero-order chi connectivity index (χ0) is 16.5. The van der Waals surface area contributed by atoms with Gasteiger partial charge in [-0.15, -0.1) is 0 Å². The molecule has 0 aliphatic carbocycles. The number of likely N-dealkylation sites (tertiary alicyclic amines) is 1. The van der Waals surface area contributed by atoms with Gasteiger partial charge in [0.25, 0.3) is 0 Å². The van der Waals surface area contributed by atoms with E-state index in [0.29, 0.717) is 22.8 Å². The van der Waals surface area contributed by atoms with Crippen molar-refractivity contribution in [2.24, 2.45) is 11.8 Å². The van der Waals surface area contributed by atoms with Crippen molar-refractivity contribution in [2.75, 3.05) is 33.4 Å². The molecule has 124 valence electrons. The van der Waals surface area contributed by atoms with E-state index in [-0.39, 0.29) is 0 Å². The predicted octanol–water partition coefficient (Wildman–Crippen LogP) is 2.11. The highest BCUT2D eigenvalue weighted by Crippen LogP contribution is 2.28. The number of likely N-dealkylation sites (N-methyl/N-ethyl adjacent to an activating group) is 1. The second-order valence-electron chi connectivity index (χ2n) is 7.05. The number of sulfone groups is 1. The van der Waals surface area contributed by atoms with Gasteiger partial charge in [0.05, 0.1) is 4.90 Å². The summed E-state index contributed by atoms with van der Waals surface area (Å²) in [5.74, 6) is 1.36. The lowest BCUT2D eigenvalue weighted by atomic mass is 9.91. The van der Waals surface area contributed by atoms with Crippen LogP contribution in [0.25, 0.3) is 0 Å². The Morgan fingerprint density at radius 1 is 1.18 bits per heavy atom. The van der Waals surface area contributed by atoms with Gasteiger partial charge in [-0.05, 0) is 43.6 Å². The van der Waals surface area contributed by atoms with Crippen LogP contribution >= 0.6 is 0 Å².